The fourth-order valence-electron chi connectivity index (χ4n) is 5.05. The maximum atomic E-state index is 12.9. The standard InChI is InChI=1S/C29H31N5O5/c1-17(2)14-18-4-6-19(7-5-18)26-25-24(21(16-30)27(31)39-28(25)33-32-26)20-8-9-22(36-3)23(15-20)38-29(35)34-10-12-37-13-11-34/h4-9,15,17,21,24,31H,10-14H2,1-3H3,(H,32,33). The van der Waals surface area contributed by atoms with Gasteiger partial charge in [-0.25, -0.2) is 4.79 Å². The van der Waals surface area contributed by atoms with Gasteiger partial charge in [0.05, 0.1) is 37.7 Å². The second kappa shape index (κ2) is 11.2. The average molecular weight is 530 g/mol. The van der Waals surface area contributed by atoms with E-state index in [0.29, 0.717) is 54.8 Å². The molecule has 5 rings (SSSR count). The van der Waals surface area contributed by atoms with Crippen molar-refractivity contribution in [3.63, 3.8) is 0 Å². The fourth-order valence-corrected chi connectivity index (χ4v) is 5.05. The van der Waals surface area contributed by atoms with Crippen molar-refractivity contribution < 1.29 is 23.7 Å². The minimum Gasteiger partial charge on any atom is -0.493 e. The molecule has 1 fully saturated rings. The number of ether oxygens (including phenoxy) is 4. The summed E-state index contributed by atoms with van der Waals surface area (Å²) in [6, 6.07) is 15.6. The number of carbonyl (C=O) groups excluding carboxylic acids is 1. The first-order valence-electron chi connectivity index (χ1n) is 13.0. The number of fused-ring (bicyclic) bond motifs is 1. The van der Waals surface area contributed by atoms with E-state index in [2.05, 4.69) is 42.2 Å². The third kappa shape index (κ3) is 5.31. The predicted octanol–water partition coefficient (Wildman–Crippen LogP) is 4.76. The summed E-state index contributed by atoms with van der Waals surface area (Å²) in [5, 5.41) is 25.9. The van der Waals surface area contributed by atoms with E-state index < -0.39 is 17.9 Å². The molecule has 2 aliphatic rings. The van der Waals surface area contributed by atoms with Crippen molar-refractivity contribution in [1.29, 1.82) is 10.7 Å². The minimum atomic E-state index is -0.912. The lowest BCUT2D eigenvalue weighted by Crippen LogP contribution is -2.42. The molecule has 1 saturated heterocycles. The van der Waals surface area contributed by atoms with Gasteiger partial charge in [-0.05, 0) is 41.2 Å². The molecule has 3 aromatic rings. The van der Waals surface area contributed by atoms with Gasteiger partial charge in [0, 0.05) is 19.0 Å². The molecule has 2 N–H and O–H groups in total. The van der Waals surface area contributed by atoms with E-state index in [9.17, 15) is 10.1 Å². The van der Waals surface area contributed by atoms with Gasteiger partial charge >= 0.3 is 6.09 Å². The smallest absolute Gasteiger partial charge is 0.415 e. The number of nitrogens with one attached hydrogen (secondary N) is 2. The first kappa shape index (κ1) is 26.3. The van der Waals surface area contributed by atoms with E-state index in [1.54, 1.807) is 17.0 Å². The zero-order valence-corrected chi connectivity index (χ0v) is 22.2. The number of hydrogen-bond donors (Lipinski definition) is 2. The summed E-state index contributed by atoms with van der Waals surface area (Å²) in [4.78, 5) is 14.4. The van der Waals surface area contributed by atoms with Crippen LogP contribution in [0.3, 0.4) is 0 Å². The highest BCUT2D eigenvalue weighted by Crippen LogP contribution is 2.47. The normalized spacial score (nSPS) is 18.7. The van der Waals surface area contributed by atoms with Crippen molar-refractivity contribution in [3.05, 3.63) is 59.2 Å². The number of benzene rings is 2. The summed E-state index contributed by atoms with van der Waals surface area (Å²) in [5.41, 5.74) is 4.17. The van der Waals surface area contributed by atoms with Crippen LogP contribution in [0.1, 0.15) is 36.5 Å². The summed E-state index contributed by atoms with van der Waals surface area (Å²) in [6.45, 7) is 6.13. The van der Waals surface area contributed by atoms with Crippen LogP contribution in [0.4, 0.5) is 4.79 Å². The van der Waals surface area contributed by atoms with Crippen molar-refractivity contribution in [2.45, 2.75) is 26.2 Å². The lowest BCUT2D eigenvalue weighted by molar-refractivity contribution is 0.0413. The lowest BCUT2D eigenvalue weighted by atomic mass is 9.78. The molecule has 1 amide bonds. The molecule has 10 nitrogen and oxygen atoms in total. The van der Waals surface area contributed by atoms with E-state index in [-0.39, 0.29) is 17.5 Å². The third-order valence-electron chi connectivity index (χ3n) is 6.94. The first-order chi connectivity index (χ1) is 18.9. The molecule has 2 atom stereocenters. The van der Waals surface area contributed by atoms with E-state index in [1.807, 2.05) is 18.2 Å². The minimum absolute atomic E-state index is 0.192. The summed E-state index contributed by atoms with van der Waals surface area (Å²) in [6.07, 6.45) is 0.468. The lowest BCUT2D eigenvalue weighted by Gasteiger charge is -2.29. The van der Waals surface area contributed by atoms with Crippen LogP contribution in [-0.4, -0.2) is 60.5 Å². The van der Waals surface area contributed by atoms with Gasteiger partial charge in [-0.1, -0.05) is 44.2 Å². The van der Waals surface area contributed by atoms with E-state index in [4.69, 9.17) is 24.4 Å². The Kier molecular flexibility index (Phi) is 7.52. The van der Waals surface area contributed by atoms with Crippen LogP contribution < -0.4 is 14.2 Å². The zero-order chi connectivity index (χ0) is 27.5. The zero-order valence-electron chi connectivity index (χ0n) is 22.2. The van der Waals surface area contributed by atoms with Crippen LogP contribution in [0.5, 0.6) is 17.4 Å². The van der Waals surface area contributed by atoms with Crippen LogP contribution in [0.2, 0.25) is 0 Å². The molecule has 202 valence electrons. The van der Waals surface area contributed by atoms with Crippen LogP contribution in [-0.2, 0) is 11.2 Å². The number of rotatable bonds is 6. The molecule has 0 aliphatic carbocycles. The highest BCUT2D eigenvalue weighted by atomic mass is 16.6. The van der Waals surface area contributed by atoms with Crippen LogP contribution >= 0.6 is 0 Å². The number of methoxy groups -OCH3 is 1. The average Bonchev–Trinajstić information content (AvgIpc) is 3.36. The van der Waals surface area contributed by atoms with Crippen molar-refractivity contribution >= 4 is 12.0 Å². The Balaban J connectivity index is 1.54. The largest absolute Gasteiger partial charge is 0.493 e. The summed E-state index contributed by atoms with van der Waals surface area (Å²) < 4.78 is 22.2. The molecule has 2 unspecified atom stereocenters. The Bertz CT molecular complexity index is 1400. The molecule has 2 aliphatic heterocycles. The maximum absolute atomic E-state index is 12.9. The summed E-state index contributed by atoms with van der Waals surface area (Å²) in [7, 11) is 1.50. The molecule has 0 radical (unpaired) electrons. The molecule has 39 heavy (non-hydrogen) atoms. The van der Waals surface area contributed by atoms with Gasteiger partial charge in [-0.2, -0.15) is 5.26 Å². The van der Waals surface area contributed by atoms with Gasteiger partial charge in [0.15, 0.2) is 11.5 Å². The number of hydrogen-bond acceptors (Lipinski definition) is 8. The third-order valence-corrected chi connectivity index (χ3v) is 6.94. The molecule has 10 heteroatoms. The Morgan fingerprint density at radius 2 is 1.95 bits per heavy atom. The molecule has 2 aromatic carbocycles. The number of aromatic nitrogens is 2. The Labute approximate surface area is 226 Å². The highest BCUT2D eigenvalue weighted by Gasteiger charge is 2.41. The number of carbonyl (C=O) groups is 1. The second-order valence-electron chi connectivity index (χ2n) is 10.0. The first-order valence-corrected chi connectivity index (χ1v) is 13.0. The van der Waals surface area contributed by atoms with Gasteiger partial charge < -0.3 is 23.8 Å². The fraction of sp³-hybridized carbons (Fsp3) is 0.379. The summed E-state index contributed by atoms with van der Waals surface area (Å²) in [5.74, 6) is -0.302. The topological polar surface area (TPSA) is 134 Å². The van der Waals surface area contributed by atoms with Gasteiger partial charge in [0.25, 0.3) is 0 Å². The van der Waals surface area contributed by atoms with Crippen LogP contribution in [0.15, 0.2) is 42.5 Å². The van der Waals surface area contributed by atoms with Crippen molar-refractivity contribution in [2.75, 3.05) is 33.4 Å². The Morgan fingerprint density at radius 1 is 1.21 bits per heavy atom. The molecule has 0 spiro atoms. The van der Waals surface area contributed by atoms with Crippen LogP contribution in [0, 0.1) is 28.6 Å². The van der Waals surface area contributed by atoms with Gasteiger partial charge in [0.1, 0.15) is 5.92 Å². The number of aromatic amines is 1. The molecule has 3 heterocycles. The quantitative estimate of drug-likeness (QED) is 0.470. The summed E-state index contributed by atoms with van der Waals surface area (Å²) >= 11 is 0. The number of nitriles is 1. The monoisotopic (exact) mass is 529 g/mol. The van der Waals surface area contributed by atoms with Gasteiger partial charge in [-0.3, -0.25) is 10.5 Å². The molecular weight excluding hydrogens is 498 g/mol. The molecule has 0 bridgehead atoms. The number of morpholine rings is 1. The van der Waals surface area contributed by atoms with Crippen molar-refractivity contribution in [2.24, 2.45) is 11.8 Å². The Hall–Kier alpha value is -4.36. The highest BCUT2D eigenvalue weighted by molar-refractivity contribution is 5.86. The molecule has 0 saturated carbocycles. The number of nitrogens with zero attached hydrogens (tertiary/aromatic N) is 3. The second-order valence-corrected chi connectivity index (χ2v) is 10.0. The predicted molar refractivity (Wildman–Crippen MR) is 143 cm³/mol. The molecule has 1 aromatic heterocycles. The van der Waals surface area contributed by atoms with Crippen LogP contribution in [0.25, 0.3) is 11.3 Å². The van der Waals surface area contributed by atoms with Gasteiger partial charge in [-0.15, -0.1) is 5.10 Å². The maximum Gasteiger partial charge on any atom is 0.415 e. The van der Waals surface area contributed by atoms with E-state index in [1.165, 1.54) is 12.7 Å². The SMILES string of the molecule is COc1ccc(C2c3c(n[nH]c3-c3ccc(CC(C)C)cc3)OC(=N)C2C#N)cc1OC(=O)N1CCOCC1. The van der Waals surface area contributed by atoms with E-state index >= 15 is 0 Å². The molecular formula is C29H31N5O5. The van der Waals surface area contributed by atoms with Gasteiger partial charge in [0.2, 0.25) is 11.8 Å². The van der Waals surface area contributed by atoms with Crippen molar-refractivity contribution in [1.82, 2.24) is 15.1 Å². The van der Waals surface area contributed by atoms with Crippen molar-refractivity contribution in [3.8, 4) is 34.7 Å². The number of H-pyrrole nitrogens is 1. The Morgan fingerprint density at radius 3 is 2.62 bits per heavy atom. The number of amides is 1. The van der Waals surface area contributed by atoms with E-state index in [0.717, 1.165) is 12.0 Å².